The van der Waals surface area contributed by atoms with Crippen molar-refractivity contribution in [1.29, 1.82) is 0 Å². The lowest BCUT2D eigenvalue weighted by molar-refractivity contribution is 0.102. The van der Waals surface area contributed by atoms with Crippen LogP contribution in [0.3, 0.4) is 0 Å². The second-order valence-corrected chi connectivity index (χ2v) is 8.51. The number of aromatic nitrogens is 2. The van der Waals surface area contributed by atoms with Crippen molar-refractivity contribution in [3.8, 4) is 10.6 Å². The van der Waals surface area contributed by atoms with Crippen LogP contribution in [0.5, 0.6) is 0 Å². The quantitative estimate of drug-likeness (QED) is 0.716. The lowest BCUT2D eigenvalue weighted by Gasteiger charge is -2.11. The average Bonchev–Trinajstić information content (AvgIpc) is 3.26. The first kappa shape index (κ1) is 17.3. The van der Waals surface area contributed by atoms with Gasteiger partial charge in [0.05, 0.1) is 15.5 Å². The van der Waals surface area contributed by atoms with Crippen LogP contribution in [0.1, 0.15) is 10.4 Å². The Labute approximate surface area is 149 Å². The van der Waals surface area contributed by atoms with Gasteiger partial charge in [-0.05, 0) is 35.7 Å². The number of aromatic amines is 1. The summed E-state index contributed by atoms with van der Waals surface area (Å²) < 4.78 is 25.2. The number of thiophene rings is 1. The molecule has 0 aliphatic carbocycles. The van der Waals surface area contributed by atoms with Crippen molar-refractivity contribution in [2.75, 3.05) is 19.4 Å². The minimum atomic E-state index is -3.51. The minimum Gasteiger partial charge on any atom is -0.305 e. The summed E-state index contributed by atoms with van der Waals surface area (Å²) in [6.45, 7) is 0. The Bertz CT molecular complexity index is 975. The van der Waals surface area contributed by atoms with Gasteiger partial charge in [-0.1, -0.05) is 6.07 Å². The molecule has 0 saturated carbocycles. The molecule has 25 heavy (non-hydrogen) atoms. The van der Waals surface area contributed by atoms with E-state index in [2.05, 4.69) is 15.5 Å². The second kappa shape index (κ2) is 6.79. The molecule has 7 nitrogen and oxygen atoms in total. The molecule has 0 fully saturated rings. The number of benzene rings is 1. The van der Waals surface area contributed by atoms with Gasteiger partial charge < -0.3 is 5.32 Å². The molecule has 0 aliphatic rings. The number of nitrogens with zero attached hydrogens (tertiary/aromatic N) is 2. The first-order valence-corrected chi connectivity index (χ1v) is 9.63. The number of sulfonamides is 1. The van der Waals surface area contributed by atoms with Gasteiger partial charge in [0.1, 0.15) is 0 Å². The molecule has 0 unspecified atom stereocenters. The van der Waals surface area contributed by atoms with Gasteiger partial charge in [-0.15, -0.1) is 11.3 Å². The first-order chi connectivity index (χ1) is 11.9. The number of carbonyl (C=O) groups is 1. The number of amides is 1. The fourth-order valence-corrected chi connectivity index (χ4v) is 3.72. The summed E-state index contributed by atoms with van der Waals surface area (Å²) in [5.74, 6) is 0.0384. The smallest absolute Gasteiger partial charge is 0.256 e. The van der Waals surface area contributed by atoms with Crippen molar-refractivity contribution in [2.45, 2.75) is 4.90 Å². The van der Waals surface area contributed by atoms with Gasteiger partial charge in [-0.25, -0.2) is 12.7 Å². The molecular weight excluding hydrogens is 360 g/mol. The van der Waals surface area contributed by atoms with Crippen LogP contribution in [0.15, 0.2) is 52.7 Å². The number of H-pyrrole nitrogens is 1. The highest BCUT2D eigenvalue weighted by atomic mass is 32.2. The molecule has 9 heteroatoms. The van der Waals surface area contributed by atoms with Crippen LogP contribution < -0.4 is 5.32 Å². The van der Waals surface area contributed by atoms with Crippen molar-refractivity contribution in [3.63, 3.8) is 0 Å². The summed E-state index contributed by atoms with van der Waals surface area (Å²) in [7, 11) is -0.600. The van der Waals surface area contributed by atoms with Crippen LogP contribution in [0.4, 0.5) is 5.82 Å². The summed E-state index contributed by atoms with van der Waals surface area (Å²) in [6.07, 6.45) is 0. The fourth-order valence-electron chi connectivity index (χ4n) is 2.12. The zero-order valence-electron chi connectivity index (χ0n) is 13.6. The molecular formula is C16H16N4O3S2. The van der Waals surface area contributed by atoms with Crippen LogP contribution in [0.25, 0.3) is 10.6 Å². The Morgan fingerprint density at radius 1 is 1.20 bits per heavy atom. The van der Waals surface area contributed by atoms with Crippen molar-refractivity contribution < 1.29 is 13.2 Å². The second-order valence-electron chi connectivity index (χ2n) is 5.41. The zero-order valence-corrected chi connectivity index (χ0v) is 15.2. The zero-order chi connectivity index (χ0) is 18.0. The van der Waals surface area contributed by atoms with Crippen LogP contribution >= 0.6 is 11.3 Å². The number of carbonyl (C=O) groups excluding carboxylic acids is 1. The van der Waals surface area contributed by atoms with Crippen LogP contribution in [0, 0.1) is 0 Å². The minimum absolute atomic E-state index is 0.133. The lowest BCUT2D eigenvalue weighted by Crippen LogP contribution is -2.22. The molecule has 3 aromatic rings. The molecule has 2 aromatic heterocycles. The lowest BCUT2D eigenvalue weighted by atomic mass is 10.2. The average molecular weight is 376 g/mol. The van der Waals surface area contributed by atoms with Gasteiger partial charge in [0.25, 0.3) is 5.91 Å². The van der Waals surface area contributed by atoms with E-state index in [4.69, 9.17) is 0 Å². The third-order valence-corrected chi connectivity index (χ3v) is 6.23. The SMILES string of the molecule is CN(C)S(=O)(=O)c1ccc(C(=O)Nc2cc(-c3cccs3)[nH]n2)cc1. The number of hydrogen-bond donors (Lipinski definition) is 2. The molecule has 130 valence electrons. The standard InChI is InChI=1S/C16H16N4O3S2/c1-20(2)25(22,23)12-7-5-11(6-8-12)16(21)17-15-10-13(18-19-15)14-4-3-9-24-14/h3-10H,1-2H3,(H2,17,18,19,21). The van der Waals surface area contributed by atoms with Crippen molar-refractivity contribution in [3.05, 3.63) is 53.4 Å². The van der Waals surface area contributed by atoms with E-state index in [0.717, 1.165) is 14.9 Å². The van der Waals surface area contributed by atoms with E-state index in [0.29, 0.717) is 11.4 Å². The Hall–Kier alpha value is -2.49. The summed E-state index contributed by atoms with van der Waals surface area (Å²) in [5, 5.41) is 11.6. The van der Waals surface area contributed by atoms with E-state index >= 15 is 0 Å². The third kappa shape index (κ3) is 3.63. The highest BCUT2D eigenvalue weighted by Crippen LogP contribution is 2.24. The fraction of sp³-hybridized carbons (Fsp3) is 0.125. The predicted molar refractivity (Wildman–Crippen MR) is 97.2 cm³/mol. The molecule has 0 radical (unpaired) electrons. The molecule has 2 heterocycles. The molecule has 3 rings (SSSR count). The molecule has 0 aliphatic heterocycles. The molecule has 2 N–H and O–H groups in total. The number of nitrogens with one attached hydrogen (secondary N) is 2. The first-order valence-electron chi connectivity index (χ1n) is 7.31. The maximum Gasteiger partial charge on any atom is 0.256 e. The predicted octanol–water partition coefficient (Wildman–Crippen LogP) is 2.64. The van der Waals surface area contributed by atoms with Crippen molar-refractivity contribution in [2.24, 2.45) is 0 Å². The number of rotatable bonds is 5. The monoisotopic (exact) mass is 376 g/mol. The molecule has 1 aromatic carbocycles. The maximum atomic E-state index is 12.3. The Kier molecular flexibility index (Phi) is 4.71. The van der Waals surface area contributed by atoms with E-state index in [1.165, 1.54) is 38.4 Å². The Morgan fingerprint density at radius 2 is 1.92 bits per heavy atom. The number of hydrogen-bond acceptors (Lipinski definition) is 5. The maximum absolute atomic E-state index is 12.3. The Balaban J connectivity index is 1.74. The molecule has 1 amide bonds. The highest BCUT2D eigenvalue weighted by molar-refractivity contribution is 7.89. The van der Waals surface area contributed by atoms with E-state index < -0.39 is 10.0 Å². The molecule has 0 spiro atoms. The highest BCUT2D eigenvalue weighted by Gasteiger charge is 2.17. The summed E-state index contributed by atoms with van der Waals surface area (Å²) in [6, 6.07) is 11.4. The molecule has 0 bridgehead atoms. The van der Waals surface area contributed by atoms with E-state index in [1.807, 2.05) is 17.5 Å². The van der Waals surface area contributed by atoms with Gasteiger partial charge in [-0.3, -0.25) is 9.89 Å². The van der Waals surface area contributed by atoms with E-state index in [-0.39, 0.29) is 10.8 Å². The summed E-state index contributed by atoms with van der Waals surface area (Å²) >= 11 is 1.57. The molecule has 0 atom stereocenters. The topological polar surface area (TPSA) is 95.2 Å². The molecule has 0 saturated heterocycles. The van der Waals surface area contributed by atoms with Crippen LogP contribution in [-0.4, -0.2) is 42.9 Å². The van der Waals surface area contributed by atoms with Gasteiger partial charge in [-0.2, -0.15) is 5.10 Å². The van der Waals surface area contributed by atoms with E-state index in [9.17, 15) is 13.2 Å². The van der Waals surface area contributed by atoms with Gasteiger partial charge in [0, 0.05) is 25.7 Å². The van der Waals surface area contributed by atoms with Crippen molar-refractivity contribution >= 4 is 33.1 Å². The Morgan fingerprint density at radius 3 is 2.52 bits per heavy atom. The summed E-state index contributed by atoms with van der Waals surface area (Å²) in [5.41, 5.74) is 1.16. The van der Waals surface area contributed by atoms with Gasteiger partial charge in [0.15, 0.2) is 5.82 Å². The van der Waals surface area contributed by atoms with Gasteiger partial charge >= 0.3 is 0 Å². The normalized spacial score (nSPS) is 11.6. The van der Waals surface area contributed by atoms with Crippen LogP contribution in [-0.2, 0) is 10.0 Å². The summed E-state index contributed by atoms with van der Waals surface area (Å²) in [4.78, 5) is 13.4. The van der Waals surface area contributed by atoms with Gasteiger partial charge in [0.2, 0.25) is 10.0 Å². The van der Waals surface area contributed by atoms with E-state index in [1.54, 1.807) is 17.4 Å². The largest absolute Gasteiger partial charge is 0.305 e. The van der Waals surface area contributed by atoms with Crippen molar-refractivity contribution in [1.82, 2.24) is 14.5 Å². The number of anilines is 1. The van der Waals surface area contributed by atoms with Crippen LogP contribution in [0.2, 0.25) is 0 Å². The third-order valence-electron chi connectivity index (χ3n) is 3.50.